The van der Waals surface area contributed by atoms with Crippen LogP contribution < -0.4 is 5.32 Å². The van der Waals surface area contributed by atoms with Gasteiger partial charge in [-0.3, -0.25) is 4.98 Å². The highest BCUT2D eigenvalue weighted by Gasteiger charge is 2.35. The zero-order valence-corrected chi connectivity index (χ0v) is 12.4. The highest BCUT2D eigenvalue weighted by Crippen LogP contribution is 2.38. The second-order valence-electron chi connectivity index (χ2n) is 6.05. The molecule has 0 bridgehead atoms. The number of pyridine rings is 1. The van der Waals surface area contributed by atoms with E-state index in [1.54, 1.807) is 0 Å². The minimum Gasteiger partial charge on any atom is -0.395 e. The first-order valence-corrected chi connectivity index (χ1v) is 7.71. The summed E-state index contributed by atoms with van der Waals surface area (Å²) in [4.78, 5) is 4.49. The summed E-state index contributed by atoms with van der Waals surface area (Å²) in [6.45, 7) is -0.243. The molecule has 2 aromatic rings. The van der Waals surface area contributed by atoms with Crippen molar-refractivity contribution in [1.82, 2.24) is 10.3 Å². The number of benzene rings is 1. The number of rotatable bonds is 6. The SMILES string of the molecule is OCC(CO)NC(c1cnc2ccccc2c1)C1CC(O)C1. The third-order valence-electron chi connectivity index (χ3n) is 4.45. The van der Waals surface area contributed by atoms with Crippen LogP contribution in [0.5, 0.6) is 0 Å². The van der Waals surface area contributed by atoms with Crippen molar-refractivity contribution < 1.29 is 15.3 Å². The Kier molecular flexibility index (Phi) is 4.69. The van der Waals surface area contributed by atoms with Crippen LogP contribution in [0.3, 0.4) is 0 Å². The van der Waals surface area contributed by atoms with Crippen molar-refractivity contribution >= 4 is 10.9 Å². The van der Waals surface area contributed by atoms with Gasteiger partial charge in [0.25, 0.3) is 0 Å². The van der Waals surface area contributed by atoms with Gasteiger partial charge in [0.1, 0.15) is 0 Å². The van der Waals surface area contributed by atoms with E-state index in [1.807, 2.05) is 30.5 Å². The molecule has 22 heavy (non-hydrogen) atoms. The van der Waals surface area contributed by atoms with E-state index >= 15 is 0 Å². The molecule has 1 atom stereocenters. The van der Waals surface area contributed by atoms with Crippen molar-refractivity contribution in [2.45, 2.75) is 31.0 Å². The number of nitrogens with one attached hydrogen (secondary N) is 1. The summed E-state index contributed by atoms with van der Waals surface area (Å²) in [6, 6.07) is 9.64. The molecular formula is C17H22N2O3. The Morgan fingerprint density at radius 1 is 1.18 bits per heavy atom. The van der Waals surface area contributed by atoms with Gasteiger partial charge in [0, 0.05) is 17.6 Å². The van der Waals surface area contributed by atoms with Gasteiger partial charge in [-0.15, -0.1) is 0 Å². The molecule has 5 heteroatoms. The average Bonchev–Trinajstić information content (AvgIpc) is 2.53. The molecular weight excluding hydrogens is 280 g/mol. The number of hydrogen-bond acceptors (Lipinski definition) is 5. The van der Waals surface area contributed by atoms with Gasteiger partial charge in [0.2, 0.25) is 0 Å². The summed E-state index contributed by atoms with van der Waals surface area (Å²) in [7, 11) is 0. The van der Waals surface area contributed by atoms with E-state index in [4.69, 9.17) is 0 Å². The first kappa shape index (κ1) is 15.4. The topological polar surface area (TPSA) is 85.6 Å². The van der Waals surface area contributed by atoms with Gasteiger partial charge in [0.05, 0.1) is 30.9 Å². The molecule has 1 aromatic heterocycles. The number of nitrogens with zero attached hydrogens (tertiary/aromatic N) is 1. The highest BCUT2D eigenvalue weighted by atomic mass is 16.3. The van der Waals surface area contributed by atoms with Gasteiger partial charge in [-0.2, -0.15) is 0 Å². The van der Waals surface area contributed by atoms with Crippen molar-refractivity contribution in [2.24, 2.45) is 5.92 Å². The summed E-state index contributed by atoms with van der Waals surface area (Å²) in [5.74, 6) is 0.290. The first-order chi connectivity index (χ1) is 10.7. The molecule has 0 spiro atoms. The monoisotopic (exact) mass is 302 g/mol. The molecule has 1 fully saturated rings. The maximum absolute atomic E-state index is 9.59. The van der Waals surface area contributed by atoms with Gasteiger partial charge in [0.15, 0.2) is 0 Å². The number of fused-ring (bicyclic) bond motifs is 1. The Bertz CT molecular complexity index is 624. The average molecular weight is 302 g/mol. The predicted molar refractivity (Wildman–Crippen MR) is 84.3 cm³/mol. The van der Waals surface area contributed by atoms with Gasteiger partial charge in [-0.05, 0) is 36.5 Å². The van der Waals surface area contributed by atoms with E-state index in [2.05, 4.69) is 16.4 Å². The molecule has 1 saturated carbocycles. The molecule has 1 unspecified atom stereocenters. The lowest BCUT2D eigenvalue weighted by molar-refractivity contribution is 0.0177. The first-order valence-electron chi connectivity index (χ1n) is 7.71. The third kappa shape index (κ3) is 3.13. The van der Waals surface area contributed by atoms with Gasteiger partial charge in [-0.1, -0.05) is 18.2 Å². The van der Waals surface area contributed by atoms with Crippen molar-refractivity contribution in [3.63, 3.8) is 0 Å². The van der Waals surface area contributed by atoms with E-state index < -0.39 is 0 Å². The Labute approximate surface area is 129 Å². The number of aromatic nitrogens is 1. The fourth-order valence-electron chi connectivity index (χ4n) is 3.08. The fourth-order valence-corrected chi connectivity index (χ4v) is 3.08. The zero-order valence-electron chi connectivity index (χ0n) is 12.4. The van der Waals surface area contributed by atoms with E-state index in [0.717, 1.165) is 29.3 Å². The quantitative estimate of drug-likeness (QED) is 0.639. The summed E-state index contributed by atoms with van der Waals surface area (Å²) < 4.78 is 0. The Hall–Kier alpha value is -1.53. The molecule has 1 aliphatic rings. The largest absolute Gasteiger partial charge is 0.395 e. The van der Waals surface area contributed by atoms with Crippen molar-refractivity contribution in [3.05, 3.63) is 42.1 Å². The number of aliphatic hydroxyl groups is 3. The summed E-state index contributed by atoms with van der Waals surface area (Å²) in [6.07, 6.45) is 3.06. The van der Waals surface area contributed by atoms with Crippen LogP contribution in [-0.2, 0) is 0 Å². The van der Waals surface area contributed by atoms with Crippen LogP contribution in [0, 0.1) is 5.92 Å². The lowest BCUT2D eigenvalue weighted by Crippen LogP contribution is -2.45. The van der Waals surface area contributed by atoms with Crippen LogP contribution in [0.15, 0.2) is 36.5 Å². The summed E-state index contributed by atoms with van der Waals surface area (Å²) in [5.41, 5.74) is 1.97. The second-order valence-corrected chi connectivity index (χ2v) is 6.05. The van der Waals surface area contributed by atoms with Crippen LogP contribution in [-0.4, -0.2) is 45.7 Å². The maximum atomic E-state index is 9.59. The lowest BCUT2D eigenvalue weighted by atomic mass is 9.75. The molecule has 0 saturated heterocycles. The third-order valence-corrected chi connectivity index (χ3v) is 4.45. The maximum Gasteiger partial charge on any atom is 0.0702 e. The molecule has 5 nitrogen and oxygen atoms in total. The van der Waals surface area contributed by atoms with E-state index in [1.165, 1.54) is 0 Å². The van der Waals surface area contributed by atoms with Crippen LogP contribution in [0.25, 0.3) is 10.9 Å². The zero-order chi connectivity index (χ0) is 15.5. The molecule has 1 heterocycles. The smallest absolute Gasteiger partial charge is 0.0702 e. The van der Waals surface area contributed by atoms with Gasteiger partial charge < -0.3 is 20.6 Å². The highest BCUT2D eigenvalue weighted by molar-refractivity contribution is 5.78. The van der Waals surface area contributed by atoms with Crippen LogP contribution in [0.4, 0.5) is 0 Å². The van der Waals surface area contributed by atoms with E-state index in [0.29, 0.717) is 5.92 Å². The molecule has 0 aliphatic heterocycles. The standard InChI is InChI=1S/C17H22N2O3/c20-9-14(10-21)19-17(12-6-15(22)7-12)13-5-11-3-1-2-4-16(11)18-8-13/h1-5,8,12,14-15,17,19-22H,6-7,9-10H2. The van der Waals surface area contributed by atoms with Crippen LogP contribution in [0.2, 0.25) is 0 Å². The minimum atomic E-state index is -0.366. The molecule has 0 amide bonds. The van der Waals surface area contributed by atoms with E-state index in [-0.39, 0.29) is 31.4 Å². The molecule has 1 aliphatic carbocycles. The molecule has 0 radical (unpaired) electrons. The normalized spacial score (nSPS) is 22.7. The fraction of sp³-hybridized carbons (Fsp3) is 0.471. The minimum absolute atomic E-state index is 0.0233. The van der Waals surface area contributed by atoms with Gasteiger partial charge in [-0.25, -0.2) is 0 Å². The van der Waals surface area contributed by atoms with Crippen LogP contribution >= 0.6 is 0 Å². The van der Waals surface area contributed by atoms with Crippen molar-refractivity contribution in [1.29, 1.82) is 0 Å². The van der Waals surface area contributed by atoms with Crippen LogP contribution in [0.1, 0.15) is 24.4 Å². The van der Waals surface area contributed by atoms with E-state index in [9.17, 15) is 15.3 Å². The molecule has 3 rings (SSSR count). The molecule has 4 N–H and O–H groups in total. The Morgan fingerprint density at radius 3 is 2.59 bits per heavy atom. The second kappa shape index (κ2) is 6.71. The lowest BCUT2D eigenvalue weighted by Gasteiger charge is -2.39. The molecule has 1 aromatic carbocycles. The summed E-state index contributed by atoms with van der Waals surface area (Å²) in [5, 5.41) is 32.6. The predicted octanol–water partition coefficient (Wildman–Crippen LogP) is 0.990. The Morgan fingerprint density at radius 2 is 1.91 bits per heavy atom. The summed E-state index contributed by atoms with van der Waals surface area (Å²) >= 11 is 0. The number of hydrogen-bond donors (Lipinski definition) is 4. The van der Waals surface area contributed by atoms with Crippen molar-refractivity contribution in [2.75, 3.05) is 13.2 Å². The van der Waals surface area contributed by atoms with Gasteiger partial charge >= 0.3 is 0 Å². The number of para-hydroxylation sites is 1. The molecule has 118 valence electrons. The van der Waals surface area contributed by atoms with Crippen molar-refractivity contribution in [3.8, 4) is 0 Å². The number of aliphatic hydroxyl groups excluding tert-OH is 3. The Balaban J connectivity index is 1.88.